The summed E-state index contributed by atoms with van der Waals surface area (Å²) in [5.41, 5.74) is 4.71. The molecule has 0 saturated heterocycles. The summed E-state index contributed by atoms with van der Waals surface area (Å²) in [7, 11) is 0. The summed E-state index contributed by atoms with van der Waals surface area (Å²) < 4.78 is 0. The van der Waals surface area contributed by atoms with E-state index in [9.17, 15) is 9.90 Å². The first kappa shape index (κ1) is 12.4. The molecule has 0 aromatic carbocycles. The summed E-state index contributed by atoms with van der Waals surface area (Å²) >= 11 is 0. The van der Waals surface area contributed by atoms with Crippen molar-refractivity contribution in [1.82, 2.24) is 5.32 Å². The van der Waals surface area contributed by atoms with E-state index in [0.29, 0.717) is 0 Å². The molecule has 0 spiro atoms. The first-order valence-corrected chi connectivity index (χ1v) is 4.49. The lowest BCUT2D eigenvalue weighted by molar-refractivity contribution is -0.124. The predicted molar refractivity (Wildman–Crippen MR) is 52.1 cm³/mol. The number of amides is 1. The number of hydrogen-bond donors (Lipinski definition) is 3. The summed E-state index contributed by atoms with van der Waals surface area (Å²) in [6.07, 6.45) is 0. The molecule has 0 aromatic heterocycles. The predicted octanol–water partition coefficient (Wildman–Crippen LogP) is -0.143. The van der Waals surface area contributed by atoms with Gasteiger partial charge in [-0.1, -0.05) is 13.8 Å². The maximum atomic E-state index is 11.3. The molecule has 0 aromatic rings. The zero-order valence-corrected chi connectivity index (χ0v) is 8.79. The van der Waals surface area contributed by atoms with Gasteiger partial charge in [-0.3, -0.25) is 4.79 Å². The largest absolute Gasteiger partial charge is 0.389 e. The van der Waals surface area contributed by atoms with Crippen LogP contribution in [0.25, 0.3) is 0 Å². The second kappa shape index (κ2) is 4.58. The maximum Gasteiger partial charge on any atom is 0.237 e. The fourth-order valence-corrected chi connectivity index (χ4v) is 0.724. The van der Waals surface area contributed by atoms with E-state index < -0.39 is 11.6 Å². The monoisotopic (exact) mass is 188 g/mol. The van der Waals surface area contributed by atoms with E-state index in [4.69, 9.17) is 5.73 Å². The molecule has 78 valence electrons. The fourth-order valence-electron chi connectivity index (χ4n) is 0.724. The van der Waals surface area contributed by atoms with Crippen molar-refractivity contribution < 1.29 is 9.90 Å². The Bertz CT molecular complexity index is 173. The Labute approximate surface area is 79.5 Å². The van der Waals surface area contributed by atoms with E-state index in [-0.39, 0.29) is 18.4 Å². The normalized spacial score (nSPS) is 14.4. The van der Waals surface area contributed by atoms with Crippen LogP contribution in [-0.4, -0.2) is 29.2 Å². The van der Waals surface area contributed by atoms with Crippen LogP contribution in [0.2, 0.25) is 0 Å². The molecule has 0 heterocycles. The number of nitrogens with two attached hydrogens (primary N) is 1. The van der Waals surface area contributed by atoms with E-state index >= 15 is 0 Å². The van der Waals surface area contributed by atoms with E-state index in [1.165, 1.54) is 0 Å². The number of hydrogen-bond acceptors (Lipinski definition) is 3. The summed E-state index contributed by atoms with van der Waals surface area (Å²) in [6.45, 7) is 7.26. The number of carbonyl (C=O) groups excluding carboxylic acids is 1. The van der Waals surface area contributed by atoms with Gasteiger partial charge in [0.1, 0.15) is 0 Å². The lowest BCUT2D eigenvalue weighted by Gasteiger charge is -2.20. The Morgan fingerprint density at radius 2 is 2.00 bits per heavy atom. The standard InChI is InChI=1S/C9H20N2O2/c1-6(2)7(10)8(12)11-5-9(3,4)13/h6-7,13H,5,10H2,1-4H3,(H,11,12). The minimum Gasteiger partial charge on any atom is -0.389 e. The molecule has 0 aliphatic heterocycles. The SMILES string of the molecule is CC(C)C(N)C(=O)NCC(C)(C)O. The van der Waals surface area contributed by atoms with Gasteiger partial charge < -0.3 is 16.2 Å². The molecule has 0 aliphatic carbocycles. The Morgan fingerprint density at radius 3 is 2.31 bits per heavy atom. The topological polar surface area (TPSA) is 75.4 Å². The van der Waals surface area contributed by atoms with Crippen LogP contribution in [0.15, 0.2) is 0 Å². The van der Waals surface area contributed by atoms with Gasteiger partial charge in [0.15, 0.2) is 0 Å². The highest BCUT2D eigenvalue weighted by atomic mass is 16.3. The molecule has 13 heavy (non-hydrogen) atoms. The molecule has 0 bridgehead atoms. The highest BCUT2D eigenvalue weighted by molar-refractivity contribution is 5.81. The van der Waals surface area contributed by atoms with Crippen molar-refractivity contribution in [2.24, 2.45) is 11.7 Å². The molecule has 0 saturated carbocycles. The number of aliphatic hydroxyl groups is 1. The summed E-state index contributed by atoms with van der Waals surface area (Å²) in [5, 5.41) is 11.9. The highest BCUT2D eigenvalue weighted by Gasteiger charge is 2.19. The Morgan fingerprint density at radius 1 is 1.54 bits per heavy atom. The molecule has 0 fully saturated rings. The van der Waals surface area contributed by atoms with Crippen molar-refractivity contribution in [2.75, 3.05) is 6.54 Å². The number of carbonyl (C=O) groups is 1. The molecule has 4 N–H and O–H groups in total. The fraction of sp³-hybridized carbons (Fsp3) is 0.889. The zero-order chi connectivity index (χ0) is 10.6. The third-order valence-electron chi connectivity index (χ3n) is 1.72. The Hall–Kier alpha value is -0.610. The molecule has 4 nitrogen and oxygen atoms in total. The molecule has 4 heteroatoms. The maximum absolute atomic E-state index is 11.3. The van der Waals surface area contributed by atoms with Crippen molar-refractivity contribution >= 4 is 5.91 Å². The Balaban J connectivity index is 3.89. The molecule has 0 rings (SSSR count). The quantitative estimate of drug-likeness (QED) is 0.574. The summed E-state index contributed by atoms with van der Waals surface area (Å²) in [6, 6.07) is -0.498. The van der Waals surface area contributed by atoms with Crippen molar-refractivity contribution in [3.63, 3.8) is 0 Å². The van der Waals surface area contributed by atoms with Crippen LogP contribution in [0.3, 0.4) is 0 Å². The van der Waals surface area contributed by atoms with Crippen LogP contribution >= 0.6 is 0 Å². The molecular formula is C9H20N2O2. The van der Waals surface area contributed by atoms with Gasteiger partial charge in [0.2, 0.25) is 5.91 Å². The first-order valence-electron chi connectivity index (χ1n) is 4.49. The smallest absolute Gasteiger partial charge is 0.237 e. The second-order valence-electron chi connectivity index (χ2n) is 4.30. The average molecular weight is 188 g/mol. The Kier molecular flexibility index (Phi) is 4.36. The minimum absolute atomic E-state index is 0.113. The second-order valence-corrected chi connectivity index (χ2v) is 4.30. The molecule has 1 amide bonds. The highest BCUT2D eigenvalue weighted by Crippen LogP contribution is 2.00. The lowest BCUT2D eigenvalue weighted by atomic mass is 10.0. The van der Waals surface area contributed by atoms with Gasteiger partial charge in [-0.15, -0.1) is 0 Å². The van der Waals surface area contributed by atoms with Gasteiger partial charge in [0, 0.05) is 6.54 Å². The van der Waals surface area contributed by atoms with Gasteiger partial charge >= 0.3 is 0 Å². The molecule has 1 unspecified atom stereocenters. The van der Waals surface area contributed by atoms with Crippen molar-refractivity contribution in [3.8, 4) is 0 Å². The number of rotatable bonds is 4. The zero-order valence-electron chi connectivity index (χ0n) is 8.79. The van der Waals surface area contributed by atoms with Crippen molar-refractivity contribution in [2.45, 2.75) is 39.3 Å². The van der Waals surface area contributed by atoms with Gasteiger partial charge in [-0.25, -0.2) is 0 Å². The van der Waals surface area contributed by atoms with E-state index in [1.807, 2.05) is 13.8 Å². The van der Waals surface area contributed by atoms with Gasteiger partial charge in [-0.2, -0.15) is 0 Å². The lowest BCUT2D eigenvalue weighted by Crippen LogP contribution is -2.48. The van der Waals surface area contributed by atoms with Crippen LogP contribution in [-0.2, 0) is 4.79 Å². The van der Waals surface area contributed by atoms with Crippen LogP contribution < -0.4 is 11.1 Å². The van der Waals surface area contributed by atoms with Crippen LogP contribution in [0.5, 0.6) is 0 Å². The molecule has 0 radical (unpaired) electrons. The van der Waals surface area contributed by atoms with E-state index in [0.717, 1.165) is 0 Å². The number of nitrogens with one attached hydrogen (secondary N) is 1. The molecular weight excluding hydrogens is 168 g/mol. The van der Waals surface area contributed by atoms with Gasteiger partial charge in [0.05, 0.1) is 11.6 Å². The summed E-state index contributed by atoms with van der Waals surface area (Å²) in [4.78, 5) is 11.3. The summed E-state index contributed by atoms with van der Waals surface area (Å²) in [5.74, 6) is -0.0982. The average Bonchev–Trinajstić information content (AvgIpc) is 1.97. The van der Waals surface area contributed by atoms with Crippen LogP contribution in [0.4, 0.5) is 0 Å². The third-order valence-corrected chi connectivity index (χ3v) is 1.72. The van der Waals surface area contributed by atoms with Gasteiger partial charge in [-0.05, 0) is 19.8 Å². The molecule has 1 atom stereocenters. The van der Waals surface area contributed by atoms with Crippen molar-refractivity contribution in [1.29, 1.82) is 0 Å². The van der Waals surface area contributed by atoms with Gasteiger partial charge in [0.25, 0.3) is 0 Å². The van der Waals surface area contributed by atoms with E-state index in [2.05, 4.69) is 5.32 Å². The van der Waals surface area contributed by atoms with Crippen LogP contribution in [0.1, 0.15) is 27.7 Å². The van der Waals surface area contributed by atoms with E-state index in [1.54, 1.807) is 13.8 Å². The minimum atomic E-state index is -0.883. The van der Waals surface area contributed by atoms with Crippen molar-refractivity contribution in [3.05, 3.63) is 0 Å². The molecule has 0 aliphatic rings. The first-order chi connectivity index (χ1) is 5.74. The van der Waals surface area contributed by atoms with Crippen LogP contribution in [0, 0.1) is 5.92 Å². The third kappa shape index (κ3) is 5.60.